The van der Waals surface area contributed by atoms with Crippen LogP contribution in [0.25, 0.3) is 20.8 Å². The molecule has 0 bridgehead atoms. The van der Waals surface area contributed by atoms with Crippen LogP contribution in [0.5, 0.6) is 0 Å². The lowest BCUT2D eigenvalue weighted by Crippen LogP contribution is -2.35. The number of rotatable bonds is 6. The molecule has 0 aliphatic rings. The molecule has 142 valence electrons. The van der Waals surface area contributed by atoms with E-state index in [2.05, 4.69) is 20.8 Å². The van der Waals surface area contributed by atoms with Crippen molar-refractivity contribution in [1.82, 2.24) is 20.0 Å². The quantitative estimate of drug-likeness (QED) is 0.475. The second-order valence-electron chi connectivity index (χ2n) is 5.97. The highest BCUT2D eigenvalue weighted by molar-refractivity contribution is 7.20. The largest absolute Gasteiger partial charge is 0.277 e. The SMILES string of the molecule is CCn1c(NNC(=O)Cc2csc(-c3cccs3)n2)nc2ccccc2c1=O. The van der Waals surface area contributed by atoms with Gasteiger partial charge >= 0.3 is 0 Å². The summed E-state index contributed by atoms with van der Waals surface area (Å²) in [5, 5.41) is 5.33. The van der Waals surface area contributed by atoms with E-state index in [1.54, 1.807) is 29.5 Å². The molecule has 4 aromatic rings. The minimum Gasteiger partial charge on any atom is -0.277 e. The van der Waals surface area contributed by atoms with Crippen LogP contribution in [-0.4, -0.2) is 20.4 Å². The van der Waals surface area contributed by atoms with Gasteiger partial charge in [-0.3, -0.25) is 25.0 Å². The van der Waals surface area contributed by atoms with Gasteiger partial charge in [-0.15, -0.1) is 22.7 Å². The second-order valence-corrected chi connectivity index (χ2v) is 7.78. The van der Waals surface area contributed by atoms with Crippen LogP contribution in [0.2, 0.25) is 0 Å². The van der Waals surface area contributed by atoms with E-state index in [4.69, 9.17) is 0 Å². The zero-order chi connectivity index (χ0) is 19.5. The molecular weight excluding hydrogens is 394 g/mol. The number of carbonyl (C=O) groups is 1. The molecule has 7 nitrogen and oxygen atoms in total. The smallest absolute Gasteiger partial charge is 0.262 e. The molecule has 28 heavy (non-hydrogen) atoms. The first-order chi connectivity index (χ1) is 13.7. The van der Waals surface area contributed by atoms with E-state index in [0.29, 0.717) is 29.1 Å². The summed E-state index contributed by atoms with van der Waals surface area (Å²) in [5.41, 5.74) is 6.53. The number of aromatic nitrogens is 3. The fourth-order valence-corrected chi connectivity index (χ4v) is 4.43. The van der Waals surface area contributed by atoms with Gasteiger partial charge in [0.1, 0.15) is 5.01 Å². The van der Waals surface area contributed by atoms with Crippen LogP contribution in [0.15, 0.2) is 52.0 Å². The lowest BCUT2D eigenvalue weighted by Gasteiger charge is -2.13. The number of benzene rings is 1. The van der Waals surface area contributed by atoms with Crippen molar-refractivity contribution < 1.29 is 4.79 Å². The summed E-state index contributed by atoms with van der Waals surface area (Å²) in [5.74, 6) is 0.0465. The lowest BCUT2D eigenvalue weighted by molar-refractivity contribution is -0.120. The van der Waals surface area contributed by atoms with Crippen LogP contribution in [0.3, 0.4) is 0 Å². The van der Waals surface area contributed by atoms with E-state index in [1.807, 2.05) is 35.9 Å². The van der Waals surface area contributed by atoms with E-state index in [0.717, 1.165) is 9.88 Å². The highest BCUT2D eigenvalue weighted by Gasteiger charge is 2.12. The predicted octanol–water partition coefficient (Wildman–Crippen LogP) is 3.29. The number of carbonyl (C=O) groups excluding carboxylic acids is 1. The average Bonchev–Trinajstić information content (AvgIpc) is 3.38. The monoisotopic (exact) mass is 411 g/mol. The third kappa shape index (κ3) is 3.67. The van der Waals surface area contributed by atoms with Crippen LogP contribution in [0.4, 0.5) is 5.95 Å². The van der Waals surface area contributed by atoms with Crippen molar-refractivity contribution in [2.75, 3.05) is 5.43 Å². The molecule has 9 heteroatoms. The molecule has 0 unspecified atom stereocenters. The zero-order valence-electron chi connectivity index (χ0n) is 15.0. The van der Waals surface area contributed by atoms with E-state index in [-0.39, 0.29) is 17.9 Å². The lowest BCUT2D eigenvalue weighted by atomic mass is 10.2. The number of fused-ring (bicyclic) bond motifs is 1. The minimum absolute atomic E-state index is 0.138. The maximum Gasteiger partial charge on any atom is 0.262 e. The number of amides is 1. The van der Waals surface area contributed by atoms with Gasteiger partial charge in [0.15, 0.2) is 0 Å². The summed E-state index contributed by atoms with van der Waals surface area (Å²) < 4.78 is 1.49. The van der Waals surface area contributed by atoms with Crippen molar-refractivity contribution in [2.24, 2.45) is 0 Å². The standard InChI is InChI=1S/C19H17N5O2S2/c1-2-24-18(26)13-6-3-4-7-14(13)21-19(24)23-22-16(25)10-12-11-28-17(20-12)15-8-5-9-27-15/h3-9,11H,2,10H2,1H3,(H,21,23)(H,22,25). The Morgan fingerprint density at radius 3 is 2.79 bits per heavy atom. The van der Waals surface area contributed by atoms with Gasteiger partial charge in [-0.1, -0.05) is 18.2 Å². The van der Waals surface area contributed by atoms with Gasteiger partial charge in [0.05, 0.1) is 27.9 Å². The Labute approximate surface area is 168 Å². The minimum atomic E-state index is -0.256. The Balaban J connectivity index is 1.47. The number of thiophene rings is 1. The number of hydrogen-bond donors (Lipinski definition) is 2. The second kappa shape index (κ2) is 7.91. The Bertz CT molecular complexity index is 1180. The average molecular weight is 412 g/mol. The van der Waals surface area contributed by atoms with Crippen molar-refractivity contribution >= 4 is 45.4 Å². The van der Waals surface area contributed by atoms with Crippen LogP contribution in [0, 0.1) is 0 Å². The third-order valence-electron chi connectivity index (χ3n) is 4.12. The first-order valence-corrected chi connectivity index (χ1v) is 10.4. The normalized spacial score (nSPS) is 10.9. The van der Waals surface area contributed by atoms with Crippen molar-refractivity contribution in [3.8, 4) is 9.88 Å². The molecule has 0 fully saturated rings. The Morgan fingerprint density at radius 2 is 2.00 bits per heavy atom. The molecule has 3 aromatic heterocycles. The molecule has 0 saturated carbocycles. The van der Waals surface area contributed by atoms with Gasteiger partial charge in [-0.25, -0.2) is 9.97 Å². The zero-order valence-corrected chi connectivity index (χ0v) is 16.6. The molecule has 1 aromatic carbocycles. The van der Waals surface area contributed by atoms with Gasteiger partial charge in [0.2, 0.25) is 11.9 Å². The van der Waals surface area contributed by atoms with E-state index in [1.165, 1.54) is 15.9 Å². The van der Waals surface area contributed by atoms with Gasteiger partial charge in [0, 0.05) is 11.9 Å². The molecule has 0 aliphatic carbocycles. The molecule has 1 amide bonds. The highest BCUT2D eigenvalue weighted by atomic mass is 32.1. The van der Waals surface area contributed by atoms with Crippen molar-refractivity contribution in [3.63, 3.8) is 0 Å². The summed E-state index contributed by atoms with van der Waals surface area (Å²) in [6, 6.07) is 11.1. The van der Waals surface area contributed by atoms with Gasteiger partial charge in [-0.05, 0) is 30.5 Å². The number of nitrogens with one attached hydrogen (secondary N) is 2. The summed E-state index contributed by atoms with van der Waals surface area (Å²) >= 11 is 3.13. The summed E-state index contributed by atoms with van der Waals surface area (Å²) in [7, 11) is 0. The molecule has 0 spiro atoms. The molecule has 0 radical (unpaired) electrons. The Morgan fingerprint density at radius 1 is 1.14 bits per heavy atom. The predicted molar refractivity (Wildman–Crippen MR) is 113 cm³/mol. The maximum atomic E-state index is 12.6. The summed E-state index contributed by atoms with van der Waals surface area (Å²) in [6.45, 7) is 2.29. The van der Waals surface area contributed by atoms with Crippen LogP contribution in [0.1, 0.15) is 12.6 Å². The fourth-order valence-electron chi connectivity index (χ4n) is 2.79. The first-order valence-electron chi connectivity index (χ1n) is 8.68. The molecule has 4 rings (SSSR count). The van der Waals surface area contributed by atoms with Crippen LogP contribution < -0.4 is 16.4 Å². The van der Waals surface area contributed by atoms with Crippen LogP contribution in [-0.2, 0) is 17.8 Å². The van der Waals surface area contributed by atoms with Gasteiger partial charge in [0.25, 0.3) is 5.56 Å². The van der Waals surface area contributed by atoms with Gasteiger partial charge in [-0.2, -0.15) is 0 Å². The summed E-state index contributed by atoms with van der Waals surface area (Å²) in [6.07, 6.45) is 0.138. The van der Waals surface area contributed by atoms with Crippen molar-refractivity contribution in [2.45, 2.75) is 19.9 Å². The van der Waals surface area contributed by atoms with Crippen molar-refractivity contribution in [3.05, 3.63) is 63.2 Å². The Kier molecular flexibility index (Phi) is 5.18. The fraction of sp³-hybridized carbons (Fsp3) is 0.158. The highest BCUT2D eigenvalue weighted by Crippen LogP contribution is 2.27. The number of anilines is 1. The Hall–Kier alpha value is -3.04. The maximum absolute atomic E-state index is 12.6. The van der Waals surface area contributed by atoms with Crippen LogP contribution >= 0.6 is 22.7 Å². The molecule has 0 aliphatic heterocycles. The number of hydrogen-bond acceptors (Lipinski definition) is 7. The van der Waals surface area contributed by atoms with Gasteiger partial charge < -0.3 is 0 Å². The first kappa shape index (κ1) is 18.3. The molecule has 0 atom stereocenters. The van der Waals surface area contributed by atoms with E-state index >= 15 is 0 Å². The number of thiazole rings is 1. The molecule has 2 N–H and O–H groups in total. The van der Waals surface area contributed by atoms with Crippen molar-refractivity contribution in [1.29, 1.82) is 0 Å². The van der Waals surface area contributed by atoms with E-state index < -0.39 is 0 Å². The molecular formula is C19H17N5O2S2. The number of nitrogens with zero attached hydrogens (tertiary/aromatic N) is 3. The molecule has 0 saturated heterocycles. The summed E-state index contributed by atoms with van der Waals surface area (Å²) in [4.78, 5) is 34.9. The third-order valence-corrected chi connectivity index (χ3v) is 6.05. The number of hydrazine groups is 1. The topological polar surface area (TPSA) is 88.9 Å². The van der Waals surface area contributed by atoms with E-state index in [9.17, 15) is 9.59 Å². The number of para-hydroxylation sites is 1. The molecule has 3 heterocycles.